The Morgan fingerprint density at radius 3 is 2.40 bits per heavy atom. The van der Waals surface area contributed by atoms with Crippen LogP contribution in [0.5, 0.6) is 0 Å². The lowest BCUT2D eigenvalue weighted by atomic mass is 9.93. The standard InChI is InChI=1S/C13H29NO/c1-6-10-14-11-12(7-2)8-9-13(3,4)15-5/h12,14H,6-11H2,1-5H3. The third-order valence-corrected chi connectivity index (χ3v) is 3.14. The molecule has 2 nitrogen and oxygen atoms in total. The van der Waals surface area contributed by atoms with Crippen molar-refractivity contribution in [2.75, 3.05) is 20.2 Å². The van der Waals surface area contributed by atoms with Crippen molar-refractivity contribution in [2.45, 2.75) is 59.0 Å². The lowest BCUT2D eigenvalue weighted by molar-refractivity contribution is 0.0102. The summed E-state index contributed by atoms with van der Waals surface area (Å²) < 4.78 is 5.44. The molecule has 0 aromatic rings. The van der Waals surface area contributed by atoms with Crippen molar-refractivity contribution in [1.82, 2.24) is 5.32 Å². The molecule has 92 valence electrons. The summed E-state index contributed by atoms with van der Waals surface area (Å²) >= 11 is 0. The summed E-state index contributed by atoms with van der Waals surface area (Å²) in [6.45, 7) is 11.1. The van der Waals surface area contributed by atoms with E-state index >= 15 is 0 Å². The Balaban J connectivity index is 3.69. The molecule has 1 unspecified atom stereocenters. The van der Waals surface area contributed by atoms with E-state index in [-0.39, 0.29) is 5.60 Å². The molecule has 0 aliphatic carbocycles. The van der Waals surface area contributed by atoms with Crippen LogP contribution in [0.1, 0.15) is 53.4 Å². The molecular weight excluding hydrogens is 186 g/mol. The number of methoxy groups -OCH3 is 1. The van der Waals surface area contributed by atoms with Crippen LogP contribution in [-0.4, -0.2) is 25.8 Å². The summed E-state index contributed by atoms with van der Waals surface area (Å²) in [5.74, 6) is 0.797. The topological polar surface area (TPSA) is 21.3 Å². The van der Waals surface area contributed by atoms with Crippen molar-refractivity contribution >= 4 is 0 Å². The maximum absolute atomic E-state index is 5.44. The molecule has 0 bridgehead atoms. The fraction of sp³-hybridized carbons (Fsp3) is 1.00. The van der Waals surface area contributed by atoms with E-state index in [2.05, 4.69) is 33.0 Å². The zero-order valence-corrected chi connectivity index (χ0v) is 11.2. The number of nitrogens with one attached hydrogen (secondary N) is 1. The molecule has 15 heavy (non-hydrogen) atoms. The van der Waals surface area contributed by atoms with Gasteiger partial charge in [-0.15, -0.1) is 0 Å². The minimum atomic E-state index is 0.0399. The van der Waals surface area contributed by atoms with Gasteiger partial charge in [-0.3, -0.25) is 0 Å². The van der Waals surface area contributed by atoms with Gasteiger partial charge in [0.15, 0.2) is 0 Å². The van der Waals surface area contributed by atoms with E-state index in [1.165, 1.54) is 19.3 Å². The fourth-order valence-corrected chi connectivity index (χ4v) is 1.59. The van der Waals surface area contributed by atoms with Gasteiger partial charge in [-0.25, -0.2) is 0 Å². The van der Waals surface area contributed by atoms with E-state index in [9.17, 15) is 0 Å². The highest BCUT2D eigenvalue weighted by Gasteiger charge is 2.18. The summed E-state index contributed by atoms with van der Waals surface area (Å²) in [7, 11) is 1.80. The van der Waals surface area contributed by atoms with Crippen LogP contribution in [0.3, 0.4) is 0 Å². The number of ether oxygens (including phenoxy) is 1. The molecule has 0 radical (unpaired) electrons. The van der Waals surface area contributed by atoms with Crippen molar-refractivity contribution in [3.8, 4) is 0 Å². The Morgan fingerprint density at radius 2 is 1.93 bits per heavy atom. The second-order valence-corrected chi connectivity index (χ2v) is 4.98. The number of hydrogen-bond donors (Lipinski definition) is 1. The van der Waals surface area contributed by atoms with E-state index in [0.717, 1.165) is 25.4 Å². The lowest BCUT2D eigenvalue weighted by Crippen LogP contribution is -2.27. The molecule has 0 saturated heterocycles. The summed E-state index contributed by atoms with van der Waals surface area (Å²) in [5.41, 5.74) is 0.0399. The van der Waals surface area contributed by atoms with Gasteiger partial charge in [0, 0.05) is 7.11 Å². The maximum Gasteiger partial charge on any atom is 0.0622 e. The third-order valence-electron chi connectivity index (χ3n) is 3.14. The number of hydrogen-bond acceptors (Lipinski definition) is 2. The van der Waals surface area contributed by atoms with Crippen molar-refractivity contribution in [3.63, 3.8) is 0 Å². The molecule has 0 aromatic carbocycles. The molecule has 0 heterocycles. The zero-order valence-electron chi connectivity index (χ0n) is 11.2. The minimum Gasteiger partial charge on any atom is -0.379 e. The normalized spacial score (nSPS) is 14.2. The Labute approximate surface area is 95.8 Å². The maximum atomic E-state index is 5.44. The van der Waals surface area contributed by atoms with E-state index in [1.807, 2.05) is 0 Å². The SMILES string of the molecule is CCCNCC(CC)CCC(C)(C)OC. The second kappa shape index (κ2) is 8.12. The molecule has 0 aliphatic heterocycles. The molecule has 0 spiro atoms. The van der Waals surface area contributed by atoms with Gasteiger partial charge in [-0.1, -0.05) is 20.3 Å². The van der Waals surface area contributed by atoms with Crippen LogP contribution in [0, 0.1) is 5.92 Å². The van der Waals surface area contributed by atoms with Gasteiger partial charge in [0.25, 0.3) is 0 Å². The molecule has 0 aliphatic rings. The Hall–Kier alpha value is -0.0800. The van der Waals surface area contributed by atoms with Gasteiger partial charge < -0.3 is 10.1 Å². The first-order chi connectivity index (χ1) is 7.05. The predicted octanol–water partition coefficient (Wildman–Crippen LogP) is 3.22. The highest BCUT2D eigenvalue weighted by atomic mass is 16.5. The van der Waals surface area contributed by atoms with Gasteiger partial charge in [0.2, 0.25) is 0 Å². The van der Waals surface area contributed by atoms with Crippen molar-refractivity contribution in [3.05, 3.63) is 0 Å². The lowest BCUT2D eigenvalue weighted by Gasteiger charge is -2.25. The van der Waals surface area contributed by atoms with E-state index in [4.69, 9.17) is 4.74 Å². The first-order valence-electron chi connectivity index (χ1n) is 6.31. The molecule has 0 rings (SSSR count). The predicted molar refractivity (Wildman–Crippen MR) is 67.3 cm³/mol. The van der Waals surface area contributed by atoms with E-state index < -0.39 is 0 Å². The molecule has 0 saturated carbocycles. The summed E-state index contributed by atoms with van der Waals surface area (Å²) in [6, 6.07) is 0. The monoisotopic (exact) mass is 215 g/mol. The summed E-state index contributed by atoms with van der Waals surface area (Å²) in [5, 5.41) is 3.50. The van der Waals surface area contributed by atoms with Crippen LogP contribution in [0.25, 0.3) is 0 Å². The first kappa shape index (κ1) is 14.9. The van der Waals surface area contributed by atoms with Gasteiger partial charge in [0.05, 0.1) is 5.60 Å². The molecule has 0 amide bonds. The highest BCUT2D eigenvalue weighted by molar-refractivity contribution is 4.71. The van der Waals surface area contributed by atoms with Gasteiger partial charge in [-0.05, 0) is 52.1 Å². The number of rotatable bonds is 9. The van der Waals surface area contributed by atoms with Crippen LogP contribution in [0.15, 0.2) is 0 Å². The van der Waals surface area contributed by atoms with Crippen LogP contribution < -0.4 is 5.32 Å². The van der Waals surface area contributed by atoms with Gasteiger partial charge >= 0.3 is 0 Å². The van der Waals surface area contributed by atoms with E-state index in [1.54, 1.807) is 7.11 Å². The fourth-order valence-electron chi connectivity index (χ4n) is 1.59. The molecule has 0 aromatic heterocycles. The molecule has 1 N–H and O–H groups in total. The Bertz CT molecular complexity index is 145. The Morgan fingerprint density at radius 1 is 1.27 bits per heavy atom. The van der Waals surface area contributed by atoms with Gasteiger partial charge in [-0.2, -0.15) is 0 Å². The van der Waals surface area contributed by atoms with E-state index in [0.29, 0.717) is 0 Å². The van der Waals surface area contributed by atoms with Crippen molar-refractivity contribution in [1.29, 1.82) is 0 Å². The molecule has 0 fully saturated rings. The average Bonchev–Trinajstić information content (AvgIpc) is 2.23. The smallest absolute Gasteiger partial charge is 0.0622 e. The third kappa shape index (κ3) is 7.80. The van der Waals surface area contributed by atoms with Crippen LogP contribution in [0.2, 0.25) is 0 Å². The molecular formula is C13H29NO. The van der Waals surface area contributed by atoms with Crippen molar-refractivity contribution in [2.24, 2.45) is 5.92 Å². The average molecular weight is 215 g/mol. The van der Waals surface area contributed by atoms with Gasteiger partial charge in [0.1, 0.15) is 0 Å². The summed E-state index contributed by atoms with van der Waals surface area (Å²) in [6.07, 6.45) is 4.89. The quantitative estimate of drug-likeness (QED) is 0.596. The van der Waals surface area contributed by atoms with Crippen LogP contribution >= 0.6 is 0 Å². The second-order valence-electron chi connectivity index (χ2n) is 4.98. The van der Waals surface area contributed by atoms with Crippen molar-refractivity contribution < 1.29 is 4.74 Å². The first-order valence-corrected chi connectivity index (χ1v) is 6.31. The van der Waals surface area contributed by atoms with Crippen LogP contribution in [0.4, 0.5) is 0 Å². The summed E-state index contributed by atoms with van der Waals surface area (Å²) in [4.78, 5) is 0. The molecule has 1 atom stereocenters. The largest absolute Gasteiger partial charge is 0.379 e. The highest BCUT2D eigenvalue weighted by Crippen LogP contribution is 2.20. The minimum absolute atomic E-state index is 0.0399. The molecule has 2 heteroatoms. The zero-order chi connectivity index (χ0) is 11.7. The Kier molecular flexibility index (Phi) is 8.07. The van der Waals surface area contributed by atoms with Crippen LogP contribution in [-0.2, 0) is 4.74 Å².